The molecule has 0 bridgehead atoms. The van der Waals surface area contributed by atoms with Gasteiger partial charge in [0.05, 0.1) is 6.54 Å². The molecule has 134 heavy (non-hydrogen) atoms. The highest BCUT2D eigenvalue weighted by molar-refractivity contribution is 6.01. The number of hydrogen-bond acceptors (Lipinski definition) is 24. The van der Waals surface area contributed by atoms with Crippen LogP contribution in [-0.2, 0) is 81.5 Å². The summed E-state index contributed by atoms with van der Waals surface area (Å²) in [5.74, 6) is -13.5. The van der Waals surface area contributed by atoms with Crippen LogP contribution in [0.5, 0.6) is 0 Å². The van der Waals surface area contributed by atoms with Crippen molar-refractivity contribution in [3.63, 3.8) is 0 Å². The van der Waals surface area contributed by atoms with Gasteiger partial charge in [0, 0.05) is 20.0 Å². The highest BCUT2D eigenvalue weighted by Crippen LogP contribution is 2.20. The van der Waals surface area contributed by atoms with Crippen molar-refractivity contribution in [2.24, 2.45) is 87.5 Å². The van der Waals surface area contributed by atoms with E-state index in [9.17, 15) is 81.5 Å². The Balaban J connectivity index is 7.45. The molecule has 0 spiro atoms. The van der Waals surface area contributed by atoms with Crippen molar-refractivity contribution >= 4 is 100 Å². The average Bonchev–Trinajstić information content (AvgIpc) is 0.860. The van der Waals surface area contributed by atoms with Crippen molar-refractivity contribution in [2.45, 2.75) is 382 Å². The van der Waals surface area contributed by atoms with E-state index in [4.69, 9.17) is 40.1 Å². The first-order valence-electron chi connectivity index (χ1n) is 49.1. The molecule has 0 aromatic heterocycles. The van der Waals surface area contributed by atoms with Crippen LogP contribution in [0.1, 0.15) is 292 Å². The number of carbonyl (C=O) groups is 17. The molecule has 0 aliphatic carbocycles. The van der Waals surface area contributed by atoms with Crippen LogP contribution >= 0.6 is 0 Å². The zero-order chi connectivity index (χ0) is 102. The Kier molecular flexibility index (Phi) is 65.5. The molecule has 0 aromatic carbocycles. The minimum atomic E-state index is -1.34. The van der Waals surface area contributed by atoms with Crippen LogP contribution < -0.4 is 131 Å². The molecular formula is C93H178N24O17. The number of rotatable bonds is 74. The van der Waals surface area contributed by atoms with Gasteiger partial charge in [-0.1, -0.05) is 111 Å². The highest BCUT2D eigenvalue weighted by Gasteiger charge is 2.40. The van der Waals surface area contributed by atoms with E-state index in [-0.39, 0.29) is 190 Å². The molecule has 15 atom stereocenters. The fraction of sp³-hybridized carbons (Fsp3) is 0.817. The third-order valence-electron chi connectivity index (χ3n) is 21.9. The molecule has 0 aliphatic heterocycles. The first-order valence-corrected chi connectivity index (χ1v) is 49.1. The maximum atomic E-state index is 15.0. The molecule has 0 rings (SSSR count). The summed E-state index contributed by atoms with van der Waals surface area (Å²) in [5, 5.41) is 46.9. The van der Waals surface area contributed by atoms with Gasteiger partial charge in [0.15, 0.2) is 0 Å². The fourth-order valence-electron chi connectivity index (χ4n) is 15.0. The lowest BCUT2D eigenvalue weighted by Gasteiger charge is -2.30. The lowest BCUT2D eigenvalue weighted by Crippen LogP contribution is -2.61. The summed E-state index contributed by atoms with van der Waals surface area (Å²) >= 11 is 0. The van der Waals surface area contributed by atoms with Gasteiger partial charge >= 0.3 is 0 Å². The van der Waals surface area contributed by atoms with E-state index in [1.807, 2.05) is 111 Å². The van der Waals surface area contributed by atoms with Crippen LogP contribution in [0.2, 0.25) is 0 Å². The maximum Gasteiger partial charge on any atom is 0.243 e. The summed E-state index contributed by atoms with van der Waals surface area (Å²) in [6.07, 6.45) is 5.99. The number of hydrogen-bond donors (Lipinski definition) is 24. The Bertz CT molecular complexity index is 3550. The molecule has 0 unspecified atom stereocenters. The van der Waals surface area contributed by atoms with Crippen LogP contribution in [-0.4, -0.2) is 250 Å². The van der Waals surface area contributed by atoms with Gasteiger partial charge in [-0.15, -0.1) is 0 Å². The van der Waals surface area contributed by atoms with E-state index in [1.54, 1.807) is 0 Å². The summed E-state index contributed by atoms with van der Waals surface area (Å²) < 4.78 is 0. The summed E-state index contributed by atoms with van der Waals surface area (Å²) in [4.78, 5) is 242. The third kappa shape index (κ3) is 55.1. The summed E-state index contributed by atoms with van der Waals surface area (Å²) in [6.45, 7) is 33.5. The van der Waals surface area contributed by atoms with Gasteiger partial charge in [0.2, 0.25) is 100 Å². The van der Waals surface area contributed by atoms with Crippen molar-refractivity contribution in [2.75, 3.05) is 58.9 Å². The Morgan fingerprint density at radius 1 is 0.187 bits per heavy atom. The zero-order valence-electron chi connectivity index (χ0n) is 84.0. The van der Waals surface area contributed by atoms with E-state index in [2.05, 4.69) is 90.4 Å². The lowest BCUT2D eigenvalue weighted by atomic mass is 9.98. The molecule has 41 nitrogen and oxygen atoms in total. The smallest absolute Gasteiger partial charge is 0.243 e. The Labute approximate surface area is 797 Å². The number of nitrogens with two attached hydrogens (primary N) is 7. The fourth-order valence-corrected chi connectivity index (χ4v) is 15.0. The zero-order valence-corrected chi connectivity index (χ0v) is 84.0. The Morgan fingerprint density at radius 3 is 0.500 bits per heavy atom. The van der Waals surface area contributed by atoms with Gasteiger partial charge in [0.1, 0.15) is 90.6 Å². The Morgan fingerprint density at radius 2 is 0.343 bits per heavy atom. The van der Waals surface area contributed by atoms with Crippen LogP contribution in [0, 0.1) is 47.3 Å². The first kappa shape index (κ1) is 125. The van der Waals surface area contributed by atoms with Crippen molar-refractivity contribution in [3.8, 4) is 0 Å². The predicted octanol–water partition coefficient (Wildman–Crippen LogP) is -0.368. The van der Waals surface area contributed by atoms with Crippen molar-refractivity contribution in [3.05, 3.63) is 0 Å². The van der Waals surface area contributed by atoms with Gasteiger partial charge < -0.3 is 131 Å². The molecule has 0 radical (unpaired) electrons. The molecule has 41 heteroatoms. The quantitative estimate of drug-likeness (QED) is 0.0346. The molecule has 772 valence electrons. The van der Waals surface area contributed by atoms with Gasteiger partial charge in [0.25, 0.3) is 0 Å². The second-order valence-corrected chi connectivity index (χ2v) is 38.9. The highest BCUT2D eigenvalue weighted by atomic mass is 16.2. The van der Waals surface area contributed by atoms with E-state index < -0.39 is 191 Å². The van der Waals surface area contributed by atoms with Gasteiger partial charge in [-0.2, -0.15) is 0 Å². The molecule has 0 aromatic rings. The maximum absolute atomic E-state index is 15.0. The number of carbonyl (C=O) groups excluding carboxylic acids is 17. The normalized spacial score (nSPS) is 14.9. The lowest BCUT2D eigenvalue weighted by molar-refractivity contribution is -0.137. The largest absolute Gasteiger partial charge is 0.353 e. The van der Waals surface area contributed by atoms with Crippen molar-refractivity contribution < 1.29 is 81.5 Å². The van der Waals surface area contributed by atoms with Crippen LogP contribution in [0.3, 0.4) is 0 Å². The molecule has 0 saturated heterocycles. The van der Waals surface area contributed by atoms with E-state index in [1.165, 1.54) is 13.8 Å². The summed E-state index contributed by atoms with van der Waals surface area (Å²) in [7, 11) is 0. The average molecular weight is 1900 g/mol. The first-order chi connectivity index (χ1) is 63.1. The van der Waals surface area contributed by atoms with Crippen molar-refractivity contribution in [1.82, 2.24) is 90.4 Å². The minimum absolute atomic E-state index is 0.00191. The predicted molar refractivity (Wildman–Crippen MR) is 518 cm³/mol. The number of unbranched alkanes of at least 4 members (excludes halogenated alkanes) is 6. The van der Waals surface area contributed by atoms with Crippen LogP contribution in [0.15, 0.2) is 0 Å². The molecule has 0 heterocycles. The third-order valence-corrected chi connectivity index (χ3v) is 21.9. The monoisotopic (exact) mass is 1900 g/mol. The van der Waals surface area contributed by atoms with Crippen molar-refractivity contribution in [1.29, 1.82) is 0 Å². The summed E-state index contributed by atoms with van der Waals surface area (Å²) in [6, 6.07) is -18.7. The molecule has 0 fully saturated rings. The van der Waals surface area contributed by atoms with Gasteiger partial charge in [-0.25, -0.2) is 0 Å². The minimum Gasteiger partial charge on any atom is -0.353 e. The summed E-state index contributed by atoms with van der Waals surface area (Å²) in [5.41, 5.74) is 40.9. The number of nitrogens with one attached hydrogen (secondary N) is 17. The standard InChI is InChI=1S/C93H178N24O17/c1-54(2)45-70(104-63(18)118)87(128)107-64(31-19-25-37-94)80(121)105-66(33-21-27-39-96)82(123)112-75(50-59(11)12)92(133)117-74(49-58(9)10)90(131)110-69(36-24-30-42-99)85(126)114-77(52-61(15)16)93(134)115-72(47-56(5)6)88(129)108-65(32-20-26-38-95)81(122)106-67(34-22-28-40-97)83(124)113-76(51-60(13)14)91(132)116-73(48-57(7)8)89(130)109-68(35-23-29-41-98)84(125)111-71(46-55(3)4)86(127)103-62(17)79(120)102-53-78(119)101-44-43-100/h54-62,64-77H,19-53,94-100H2,1-18H3,(H,101,119)(H,102,120)(H,103,127)(H,104,118)(H,105,121)(H,106,122)(H,107,128)(H,108,129)(H,109,130)(H,110,131)(H,111,125)(H,112,123)(H,113,124)(H,114,126)(H,115,134)(H,116,132)(H,117,133)/t62-,64-,65-,66-,67-,68-,69-,70-,71-,72-,73-,74-,75-,76-,77-/m0/s1. The van der Waals surface area contributed by atoms with Gasteiger partial charge in [-0.05, 0) is 260 Å². The molecule has 31 N–H and O–H groups in total. The van der Waals surface area contributed by atoms with Crippen LogP contribution in [0.25, 0.3) is 0 Å². The van der Waals surface area contributed by atoms with E-state index in [0.717, 1.165) is 0 Å². The Hall–Kier alpha value is -9.29. The molecule has 17 amide bonds. The van der Waals surface area contributed by atoms with Crippen LogP contribution in [0.4, 0.5) is 0 Å². The molecule has 0 aliphatic rings. The van der Waals surface area contributed by atoms with Gasteiger partial charge in [-0.3, -0.25) is 81.5 Å². The van der Waals surface area contributed by atoms with E-state index in [0.29, 0.717) is 83.6 Å². The molecular weight excluding hydrogens is 1730 g/mol. The number of amides is 17. The second kappa shape index (κ2) is 70.4. The second-order valence-electron chi connectivity index (χ2n) is 38.9. The molecule has 0 saturated carbocycles. The van der Waals surface area contributed by atoms with E-state index >= 15 is 0 Å². The SMILES string of the molecule is CC(=O)N[C@@H](CC(C)C)C(=O)N[C@@H](CCCCN)C(=O)N[C@@H](CCCCN)C(=O)N[C@@H](CC(C)C)C(=O)N[C@@H](CC(C)C)C(=O)N[C@@H](CCCCN)C(=O)N[C@@H](CC(C)C)C(=O)N[C@@H](CC(C)C)C(=O)N[C@@H](CCCCN)C(=O)N[C@@H](CCCCN)C(=O)N[C@@H](CC(C)C)C(=O)N[C@@H](CC(C)C)C(=O)N[C@@H](CCCCN)C(=O)N[C@@H](CC(C)C)C(=O)N[C@@H](C)C(=O)NCC(=O)NCCN. The topological polar surface area (TPSA) is 677 Å².